The van der Waals surface area contributed by atoms with Gasteiger partial charge in [0.25, 0.3) is 11.6 Å². The molecule has 1 N–H and O–H groups in total. The number of aliphatic hydroxyl groups is 1. The van der Waals surface area contributed by atoms with E-state index in [4.69, 9.17) is 9.47 Å². The van der Waals surface area contributed by atoms with Crippen LogP contribution in [-0.4, -0.2) is 47.4 Å². The number of halogens is 3. The molecule has 3 rings (SSSR count). The van der Waals surface area contributed by atoms with Crippen LogP contribution in [0.25, 0.3) is 0 Å². The zero-order valence-electron chi connectivity index (χ0n) is 16.7. The summed E-state index contributed by atoms with van der Waals surface area (Å²) in [6.45, 7) is 3.03. The SMILES string of the molecule is COc1ccc(C2=NN(C(=O)COc3ccc(C)c(C)c3)[C@@](O)(C(F)(F)F)C2)cc1. The van der Waals surface area contributed by atoms with Crippen molar-refractivity contribution in [3.05, 3.63) is 59.2 Å². The van der Waals surface area contributed by atoms with Gasteiger partial charge in [-0.25, -0.2) is 0 Å². The van der Waals surface area contributed by atoms with Gasteiger partial charge in [0.15, 0.2) is 6.61 Å². The summed E-state index contributed by atoms with van der Waals surface area (Å²) in [6.07, 6.45) is -6.00. The Morgan fingerprint density at radius 3 is 2.33 bits per heavy atom. The van der Waals surface area contributed by atoms with Gasteiger partial charge >= 0.3 is 6.18 Å². The number of methoxy groups -OCH3 is 1. The van der Waals surface area contributed by atoms with Crippen molar-refractivity contribution in [3.63, 3.8) is 0 Å². The molecule has 0 unspecified atom stereocenters. The van der Waals surface area contributed by atoms with E-state index in [1.807, 2.05) is 13.8 Å². The number of carbonyl (C=O) groups is 1. The standard InChI is InChI=1S/C21H21F3N2O4/c1-13-4-7-17(10-14(13)2)30-12-19(27)26-20(28,21(22,23)24)11-18(25-26)15-5-8-16(29-3)9-6-15/h4-10,28H,11-12H2,1-3H3/t20-/m0/s1. The van der Waals surface area contributed by atoms with Crippen LogP contribution in [0.5, 0.6) is 11.5 Å². The Balaban J connectivity index is 1.84. The summed E-state index contributed by atoms with van der Waals surface area (Å²) < 4.78 is 51.3. The monoisotopic (exact) mass is 422 g/mol. The quantitative estimate of drug-likeness (QED) is 0.800. The van der Waals surface area contributed by atoms with Crippen molar-refractivity contribution in [3.8, 4) is 11.5 Å². The van der Waals surface area contributed by atoms with Gasteiger partial charge < -0.3 is 14.6 Å². The lowest BCUT2D eigenvalue weighted by Crippen LogP contribution is -2.57. The molecule has 0 spiro atoms. The van der Waals surface area contributed by atoms with Crippen LogP contribution in [0.2, 0.25) is 0 Å². The fraction of sp³-hybridized carbons (Fsp3) is 0.333. The van der Waals surface area contributed by atoms with E-state index in [1.54, 1.807) is 30.3 Å². The molecule has 0 radical (unpaired) electrons. The largest absolute Gasteiger partial charge is 0.497 e. The summed E-state index contributed by atoms with van der Waals surface area (Å²) in [4.78, 5) is 12.5. The molecule has 2 aromatic rings. The van der Waals surface area contributed by atoms with E-state index >= 15 is 0 Å². The minimum Gasteiger partial charge on any atom is -0.497 e. The zero-order valence-corrected chi connectivity index (χ0v) is 16.7. The molecule has 9 heteroatoms. The zero-order chi connectivity index (χ0) is 22.1. The van der Waals surface area contributed by atoms with Crippen LogP contribution in [0.15, 0.2) is 47.6 Å². The lowest BCUT2D eigenvalue weighted by molar-refractivity contribution is -0.302. The summed E-state index contributed by atoms with van der Waals surface area (Å²) in [5.41, 5.74) is -1.27. The van der Waals surface area contributed by atoms with Crippen molar-refractivity contribution in [1.82, 2.24) is 5.01 Å². The van der Waals surface area contributed by atoms with Gasteiger partial charge in [0.2, 0.25) is 0 Å². The third-order valence-corrected chi connectivity index (χ3v) is 4.94. The molecule has 0 aliphatic carbocycles. The Kier molecular flexibility index (Phi) is 5.76. The predicted molar refractivity (Wildman–Crippen MR) is 103 cm³/mol. The summed E-state index contributed by atoms with van der Waals surface area (Å²) in [6, 6.07) is 11.2. The highest BCUT2D eigenvalue weighted by Gasteiger charge is 2.63. The number of ether oxygens (including phenoxy) is 2. The smallest absolute Gasteiger partial charge is 0.438 e. The molecule has 0 bridgehead atoms. The van der Waals surface area contributed by atoms with Crippen LogP contribution in [0.4, 0.5) is 13.2 Å². The van der Waals surface area contributed by atoms with Crippen LogP contribution in [-0.2, 0) is 4.79 Å². The maximum absolute atomic E-state index is 13.6. The Morgan fingerprint density at radius 2 is 1.77 bits per heavy atom. The van der Waals surface area contributed by atoms with Crippen LogP contribution >= 0.6 is 0 Å². The number of hydrazone groups is 1. The lowest BCUT2D eigenvalue weighted by atomic mass is 10.0. The molecule has 160 valence electrons. The fourth-order valence-corrected chi connectivity index (χ4v) is 2.98. The minimum atomic E-state index is -5.11. The Morgan fingerprint density at radius 1 is 1.13 bits per heavy atom. The molecule has 1 aliphatic rings. The molecule has 0 saturated carbocycles. The second kappa shape index (κ2) is 7.98. The van der Waals surface area contributed by atoms with Crippen molar-refractivity contribution in [2.45, 2.75) is 32.2 Å². The third-order valence-electron chi connectivity index (χ3n) is 4.94. The van der Waals surface area contributed by atoms with Gasteiger partial charge in [-0.15, -0.1) is 0 Å². The van der Waals surface area contributed by atoms with Crippen LogP contribution in [0.1, 0.15) is 23.1 Å². The number of hydrogen-bond acceptors (Lipinski definition) is 5. The van der Waals surface area contributed by atoms with E-state index < -0.39 is 30.8 Å². The normalized spacial score (nSPS) is 18.9. The third kappa shape index (κ3) is 4.11. The molecule has 6 nitrogen and oxygen atoms in total. The molecule has 1 heterocycles. The average molecular weight is 422 g/mol. The van der Waals surface area contributed by atoms with E-state index in [-0.39, 0.29) is 10.7 Å². The van der Waals surface area contributed by atoms with E-state index in [9.17, 15) is 23.1 Å². The Hall–Kier alpha value is -3.07. The van der Waals surface area contributed by atoms with Crippen LogP contribution in [0, 0.1) is 13.8 Å². The molecule has 2 aromatic carbocycles. The van der Waals surface area contributed by atoms with E-state index in [0.29, 0.717) is 17.1 Å². The fourth-order valence-electron chi connectivity index (χ4n) is 2.98. The van der Waals surface area contributed by atoms with E-state index in [2.05, 4.69) is 5.10 Å². The maximum atomic E-state index is 13.6. The van der Waals surface area contributed by atoms with Crippen molar-refractivity contribution >= 4 is 11.6 Å². The Bertz CT molecular complexity index is 973. The van der Waals surface area contributed by atoms with Crippen LogP contribution in [0.3, 0.4) is 0 Å². The summed E-state index contributed by atoms with van der Waals surface area (Å²) >= 11 is 0. The topological polar surface area (TPSA) is 71.4 Å². The molecular weight excluding hydrogens is 401 g/mol. The van der Waals surface area contributed by atoms with Gasteiger partial charge in [0, 0.05) is 0 Å². The molecule has 0 aromatic heterocycles. The second-order valence-corrected chi connectivity index (χ2v) is 7.01. The molecule has 1 aliphatic heterocycles. The van der Waals surface area contributed by atoms with Crippen LogP contribution < -0.4 is 9.47 Å². The number of hydrogen-bond donors (Lipinski definition) is 1. The highest BCUT2D eigenvalue weighted by molar-refractivity contribution is 6.03. The number of benzene rings is 2. The molecular formula is C21H21F3N2O4. The number of alkyl halides is 3. The molecule has 1 atom stereocenters. The van der Waals surface area contributed by atoms with Crippen molar-refractivity contribution in [1.29, 1.82) is 0 Å². The highest BCUT2D eigenvalue weighted by Crippen LogP contribution is 2.41. The number of nitrogens with zero attached hydrogens (tertiary/aromatic N) is 2. The van der Waals surface area contributed by atoms with Gasteiger partial charge in [-0.05, 0) is 66.9 Å². The van der Waals surface area contributed by atoms with Crippen molar-refractivity contribution in [2.75, 3.05) is 13.7 Å². The number of aryl methyl sites for hydroxylation is 2. The maximum Gasteiger partial charge on any atom is 0.438 e. The van der Waals surface area contributed by atoms with Gasteiger partial charge in [0.05, 0.1) is 19.2 Å². The minimum absolute atomic E-state index is 0.0631. The summed E-state index contributed by atoms with van der Waals surface area (Å²) in [5.74, 6) is -0.268. The molecule has 30 heavy (non-hydrogen) atoms. The lowest BCUT2D eigenvalue weighted by Gasteiger charge is -2.32. The predicted octanol–water partition coefficient (Wildman–Crippen LogP) is 3.58. The van der Waals surface area contributed by atoms with E-state index in [1.165, 1.54) is 19.2 Å². The Labute approximate surface area is 171 Å². The first-order valence-electron chi connectivity index (χ1n) is 9.09. The number of rotatable bonds is 5. The van der Waals surface area contributed by atoms with Gasteiger partial charge in [-0.2, -0.15) is 23.3 Å². The van der Waals surface area contributed by atoms with E-state index in [0.717, 1.165) is 11.1 Å². The molecule has 1 amide bonds. The first-order chi connectivity index (χ1) is 14.0. The first-order valence-corrected chi connectivity index (χ1v) is 9.09. The first kappa shape index (κ1) is 21.6. The van der Waals surface area contributed by atoms with Gasteiger partial charge in [-0.3, -0.25) is 4.79 Å². The summed E-state index contributed by atoms with van der Waals surface area (Å²) in [7, 11) is 1.46. The number of amides is 1. The molecule has 0 fully saturated rings. The second-order valence-electron chi connectivity index (χ2n) is 7.01. The van der Waals surface area contributed by atoms with Gasteiger partial charge in [-0.1, -0.05) is 6.07 Å². The highest BCUT2D eigenvalue weighted by atomic mass is 19.4. The number of carbonyl (C=O) groups excluding carboxylic acids is 1. The molecule has 0 saturated heterocycles. The van der Waals surface area contributed by atoms with Gasteiger partial charge in [0.1, 0.15) is 11.5 Å². The average Bonchev–Trinajstić information content (AvgIpc) is 3.08. The van der Waals surface area contributed by atoms with Crippen molar-refractivity contribution in [2.24, 2.45) is 5.10 Å². The summed E-state index contributed by atoms with van der Waals surface area (Å²) in [5, 5.41) is 14.2. The van der Waals surface area contributed by atoms with Crippen molar-refractivity contribution < 1.29 is 32.5 Å².